The molecule has 0 spiro atoms. The molecular formula is C24H20ClNO3. The van der Waals surface area contributed by atoms with Crippen LogP contribution in [-0.4, -0.2) is 17.1 Å². The first-order valence-electron chi connectivity index (χ1n) is 9.28. The molecule has 0 aliphatic carbocycles. The first-order valence-corrected chi connectivity index (χ1v) is 9.66. The van der Waals surface area contributed by atoms with Crippen LogP contribution >= 0.6 is 11.6 Å². The topological polar surface area (TPSA) is 53.7 Å². The van der Waals surface area contributed by atoms with Gasteiger partial charge in [-0.05, 0) is 48.5 Å². The lowest BCUT2D eigenvalue weighted by Crippen LogP contribution is -2.17. The molecule has 1 aromatic heterocycles. The average Bonchev–Trinajstić information content (AvgIpc) is 2.71. The van der Waals surface area contributed by atoms with E-state index in [0.717, 1.165) is 10.9 Å². The van der Waals surface area contributed by atoms with E-state index in [1.54, 1.807) is 42.5 Å². The number of phenols is 1. The molecule has 1 N–H and O–H groups in total. The number of hydrogen-bond acceptors (Lipinski definition) is 4. The summed E-state index contributed by atoms with van der Waals surface area (Å²) in [6, 6.07) is 22.3. The Morgan fingerprint density at radius 3 is 2.41 bits per heavy atom. The summed E-state index contributed by atoms with van der Waals surface area (Å²) in [5.41, 5.74) is 2.93. The van der Waals surface area contributed by atoms with E-state index < -0.39 is 5.63 Å². The molecule has 146 valence electrons. The average molecular weight is 406 g/mol. The number of fused-ring (bicyclic) bond motifs is 1. The third-order valence-corrected chi connectivity index (χ3v) is 5.11. The second kappa shape index (κ2) is 8.11. The molecule has 0 radical (unpaired) electrons. The largest absolute Gasteiger partial charge is 0.507 e. The van der Waals surface area contributed by atoms with E-state index in [2.05, 4.69) is 17.0 Å². The van der Waals surface area contributed by atoms with Gasteiger partial charge in [-0.1, -0.05) is 54.1 Å². The van der Waals surface area contributed by atoms with E-state index in [0.29, 0.717) is 34.8 Å². The summed E-state index contributed by atoms with van der Waals surface area (Å²) < 4.78 is 5.67. The predicted octanol–water partition coefficient (Wildman–Crippen LogP) is 5.45. The van der Waals surface area contributed by atoms with Gasteiger partial charge in [0.15, 0.2) is 0 Å². The molecule has 4 rings (SSSR count). The lowest BCUT2D eigenvalue weighted by Gasteiger charge is -2.18. The molecule has 0 fully saturated rings. The van der Waals surface area contributed by atoms with Crippen molar-refractivity contribution in [3.63, 3.8) is 0 Å². The monoisotopic (exact) mass is 405 g/mol. The number of hydrogen-bond donors (Lipinski definition) is 1. The lowest BCUT2D eigenvalue weighted by molar-refractivity contribution is 0.312. The number of halogens is 1. The van der Waals surface area contributed by atoms with Crippen molar-refractivity contribution in [2.45, 2.75) is 13.1 Å². The Morgan fingerprint density at radius 2 is 1.69 bits per heavy atom. The Kier molecular flexibility index (Phi) is 5.38. The van der Waals surface area contributed by atoms with Crippen LogP contribution < -0.4 is 5.63 Å². The highest BCUT2D eigenvalue weighted by Gasteiger charge is 2.15. The Bertz CT molecular complexity index is 1200. The zero-order valence-electron chi connectivity index (χ0n) is 15.9. The Morgan fingerprint density at radius 1 is 0.966 bits per heavy atom. The van der Waals surface area contributed by atoms with E-state index in [1.165, 1.54) is 5.56 Å². The van der Waals surface area contributed by atoms with Crippen molar-refractivity contribution in [3.8, 4) is 16.9 Å². The summed E-state index contributed by atoms with van der Waals surface area (Å²) in [7, 11) is 1.96. The molecule has 4 aromatic rings. The predicted molar refractivity (Wildman–Crippen MR) is 116 cm³/mol. The highest BCUT2D eigenvalue weighted by Crippen LogP contribution is 2.30. The molecule has 0 saturated heterocycles. The van der Waals surface area contributed by atoms with Crippen molar-refractivity contribution in [3.05, 3.63) is 99.4 Å². The molecule has 0 aliphatic rings. The lowest BCUT2D eigenvalue weighted by atomic mass is 10.0. The molecule has 0 saturated carbocycles. The minimum absolute atomic E-state index is 0.111. The zero-order chi connectivity index (χ0) is 20.4. The molecule has 5 heteroatoms. The summed E-state index contributed by atoms with van der Waals surface area (Å²) in [6.07, 6.45) is 0. The Labute approximate surface area is 173 Å². The number of aromatic hydroxyl groups is 1. The van der Waals surface area contributed by atoms with Gasteiger partial charge in [-0.2, -0.15) is 0 Å². The molecule has 4 nitrogen and oxygen atoms in total. The van der Waals surface area contributed by atoms with Gasteiger partial charge < -0.3 is 9.52 Å². The summed E-state index contributed by atoms with van der Waals surface area (Å²) >= 11 is 5.94. The third kappa shape index (κ3) is 4.19. The van der Waals surface area contributed by atoms with Gasteiger partial charge in [0.2, 0.25) is 0 Å². The molecule has 0 bridgehead atoms. The maximum Gasteiger partial charge on any atom is 0.344 e. The minimum Gasteiger partial charge on any atom is -0.507 e. The van der Waals surface area contributed by atoms with E-state index >= 15 is 0 Å². The van der Waals surface area contributed by atoms with Gasteiger partial charge >= 0.3 is 5.63 Å². The number of phenolic OH excluding ortho intramolecular Hbond substituents is 1. The van der Waals surface area contributed by atoms with Crippen molar-refractivity contribution in [2.75, 3.05) is 7.05 Å². The van der Waals surface area contributed by atoms with E-state index in [-0.39, 0.29) is 5.75 Å². The second-order valence-electron chi connectivity index (χ2n) is 7.09. The van der Waals surface area contributed by atoms with E-state index in [9.17, 15) is 9.90 Å². The van der Waals surface area contributed by atoms with Crippen LogP contribution in [0.3, 0.4) is 0 Å². The summed E-state index contributed by atoms with van der Waals surface area (Å²) in [5, 5.41) is 11.8. The van der Waals surface area contributed by atoms with Crippen molar-refractivity contribution < 1.29 is 9.52 Å². The van der Waals surface area contributed by atoms with Crippen LogP contribution in [0.2, 0.25) is 5.02 Å². The molecular weight excluding hydrogens is 386 g/mol. The van der Waals surface area contributed by atoms with E-state index in [1.807, 2.05) is 25.2 Å². The van der Waals surface area contributed by atoms with E-state index in [4.69, 9.17) is 16.0 Å². The van der Waals surface area contributed by atoms with Crippen LogP contribution in [0, 0.1) is 0 Å². The molecule has 29 heavy (non-hydrogen) atoms. The van der Waals surface area contributed by atoms with Gasteiger partial charge in [0, 0.05) is 23.5 Å². The second-order valence-corrected chi connectivity index (χ2v) is 7.53. The number of rotatable bonds is 5. The normalized spacial score (nSPS) is 11.3. The van der Waals surface area contributed by atoms with Gasteiger partial charge in [0.25, 0.3) is 0 Å². The van der Waals surface area contributed by atoms with Crippen LogP contribution in [0.25, 0.3) is 22.1 Å². The van der Waals surface area contributed by atoms with Gasteiger partial charge in [-0.25, -0.2) is 4.79 Å². The molecule has 3 aromatic carbocycles. The van der Waals surface area contributed by atoms with Crippen molar-refractivity contribution in [2.24, 2.45) is 0 Å². The maximum atomic E-state index is 12.7. The van der Waals surface area contributed by atoms with Gasteiger partial charge in [-0.3, -0.25) is 4.90 Å². The summed E-state index contributed by atoms with van der Waals surface area (Å²) in [6.45, 7) is 1.16. The quantitative estimate of drug-likeness (QED) is 0.448. The standard InChI is InChI=1S/C24H20ClNO3/c1-26(14-16-5-3-2-4-6-16)15-21-22(27)12-9-18-13-20(24(28)29-23(18)21)17-7-10-19(25)11-8-17/h2-13,27H,14-15H2,1H3. The van der Waals surface area contributed by atoms with Crippen LogP contribution in [-0.2, 0) is 13.1 Å². The first kappa shape index (κ1) is 19.2. The summed E-state index contributed by atoms with van der Waals surface area (Å²) in [4.78, 5) is 14.7. The number of nitrogens with zero attached hydrogens (tertiary/aromatic N) is 1. The van der Waals surface area contributed by atoms with Crippen LogP contribution in [0.4, 0.5) is 0 Å². The molecule has 0 amide bonds. The molecule has 0 atom stereocenters. The highest BCUT2D eigenvalue weighted by molar-refractivity contribution is 6.30. The Hall–Kier alpha value is -3.08. The first-order chi connectivity index (χ1) is 14.0. The number of benzene rings is 3. The van der Waals surface area contributed by atoms with Gasteiger partial charge in [0.1, 0.15) is 11.3 Å². The molecule has 1 heterocycles. The van der Waals surface area contributed by atoms with Crippen molar-refractivity contribution in [1.82, 2.24) is 4.90 Å². The fourth-order valence-electron chi connectivity index (χ4n) is 3.44. The fraction of sp³-hybridized carbons (Fsp3) is 0.125. The fourth-order valence-corrected chi connectivity index (χ4v) is 3.56. The molecule has 0 aliphatic heterocycles. The maximum absolute atomic E-state index is 12.7. The van der Waals surface area contributed by atoms with Gasteiger partial charge in [-0.15, -0.1) is 0 Å². The van der Waals surface area contributed by atoms with Crippen molar-refractivity contribution >= 4 is 22.6 Å². The van der Waals surface area contributed by atoms with Crippen LogP contribution in [0.1, 0.15) is 11.1 Å². The zero-order valence-corrected chi connectivity index (χ0v) is 16.7. The SMILES string of the molecule is CN(Cc1ccccc1)Cc1c(O)ccc2cc(-c3ccc(Cl)cc3)c(=O)oc12. The van der Waals surface area contributed by atoms with Gasteiger partial charge in [0.05, 0.1) is 11.1 Å². The van der Waals surface area contributed by atoms with Crippen LogP contribution in [0.5, 0.6) is 5.75 Å². The summed E-state index contributed by atoms with van der Waals surface area (Å²) in [5.74, 6) is 0.111. The smallest absolute Gasteiger partial charge is 0.344 e. The van der Waals surface area contributed by atoms with Crippen molar-refractivity contribution in [1.29, 1.82) is 0 Å². The third-order valence-electron chi connectivity index (χ3n) is 4.86. The Balaban J connectivity index is 1.71. The highest BCUT2D eigenvalue weighted by atomic mass is 35.5. The molecule has 0 unspecified atom stereocenters. The van der Waals surface area contributed by atoms with Crippen LogP contribution in [0.15, 0.2) is 82.0 Å². The minimum atomic E-state index is -0.447.